The van der Waals surface area contributed by atoms with Gasteiger partial charge in [0.1, 0.15) is 11.4 Å². The van der Waals surface area contributed by atoms with E-state index in [0.717, 1.165) is 70.6 Å². The van der Waals surface area contributed by atoms with Gasteiger partial charge in [0.25, 0.3) is 11.8 Å². The summed E-state index contributed by atoms with van der Waals surface area (Å²) in [5, 5.41) is 0.994. The van der Waals surface area contributed by atoms with Crippen molar-refractivity contribution >= 4 is 45.1 Å². The lowest BCUT2D eigenvalue weighted by molar-refractivity contribution is -0.130. The maximum Gasteiger partial charge on any atom is 0.410 e. The van der Waals surface area contributed by atoms with Gasteiger partial charge in [-0.15, -0.1) is 0 Å². The van der Waals surface area contributed by atoms with E-state index in [1.807, 2.05) is 60.9 Å². The van der Waals surface area contributed by atoms with Gasteiger partial charge in [-0.2, -0.15) is 12.7 Å². The standard InChI is InChI=1S/C39H49N5O7S/c1-39(2,3)51-38(47)44-28-13-14-29(44)23-42(22-28)37(46)27-18-26-19-30(50-6)15-17-31(26)35-34(24-10-8-7-9-11-24)32-16-12-25(20-33(32)43(35)21-27)36(45)40-52(48,49)41(4)5/h12,15-20,24,28-29H,7-11,13-14,21-23H2,1-6H3,(H,40,45). The number of carbonyl (C=O) groups excluding carboxylic acids is 3. The first kappa shape index (κ1) is 36.0. The van der Waals surface area contributed by atoms with Gasteiger partial charge in [0, 0.05) is 54.8 Å². The highest BCUT2D eigenvalue weighted by molar-refractivity contribution is 7.87. The van der Waals surface area contributed by atoms with Crippen LogP contribution in [-0.4, -0.2) is 97.0 Å². The molecule has 3 aromatic rings. The molecule has 4 aliphatic rings. The number of methoxy groups -OCH3 is 1. The Bertz CT molecular complexity index is 2060. The van der Waals surface area contributed by atoms with Crippen LogP contribution in [0.5, 0.6) is 5.75 Å². The molecule has 1 aliphatic carbocycles. The van der Waals surface area contributed by atoms with Crippen molar-refractivity contribution in [2.75, 3.05) is 34.3 Å². The molecule has 7 rings (SSSR count). The third-order valence-corrected chi connectivity index (χ3v) is 12.3. The lowest BCUT2D eigenvalue weighted by Crippen LogP contribution is -2.58. The Morgan fingerprint density at radius 1 is 0.923 bits per heavy atom. The van der Waals surface area contributed by atoms with Gasteiger partial charge >= 0.3 is 16.3 Å². The van der Waals surface area contributed by atoms with E-state index in [9.17, 15) is 22.8 Å². The summed E-state index contributed by atoms with van der Waals surface area (Å²) < 4.78 is 41.8. The van der Waals surface area contributed by atoms with Crippen LogP contribution in [-0.2, 0) is 26.3 Å². The number of hydrogen-bond donors (Lipinski definition) is 1. The van der Waals surface area contributed by atoms with E-state index in [2.05, 4.69) is 9.29 Å². The number of rotatable bonds is 6. The minimum absolute atomic E-state index is 0.102. The number of nitrogens with zero attached hydrogens (tertiary/aromatic N) is 4. The predicted molar refractivity (Wildman–Crippen MR) is 199 cm³/mol. The monoisotopic (exact) mass is 731 g/mol. The molecule has 2 unspecified atom stereocenters. The molecular weight excluding hydrogens is 683 g/mol. The van der Waals surface area contributed by atoms with E-state index in [-0.39, 0.29) is 42.1 Å². The quantitative estimate of drug-likeness (QED) is 0.334. The van der Waals surface area contributed by atoms with Crippen molar-refractivity contribution in [3.8, 4) is 17.0 Å². The fourth-order valence-electron chi connectivity index (χ4n) is 8.46. The zero-order valence-electron chi connectivity index (χ0n) is 30.9. The molecule has 0 radical (unpaired) electrons. The maximum atomic E-state index is 14.7. The Kier molecular flexibility index (Phi) is 9.39. The van der Waals surface area contributed by atoms with Crippen LogP contribution in [0.25, 0.3) is 28.2 Å². The molecule has 1 saturated carbocycles. The number of ether oxygens (including phenoxy) is 2. The summed E-state index contributed by atoms with van der Waals surface area (Å²) in [5.74, 6) is 0.129. The number of piperazine rings is 1. The molecule has 278 valence electrons. The molecule has 13 heteroatoms. The zero-order valence-corrected chi connectivity index (χ0v) is 31.7. The predicted octanol–water partition coefficient (Wildman–Crippen LogP) is 5.91. The largest absolute Gasteiger partial charge is 0.497 e. The van der Waals surface area contributed by atoms with Crippen LogP contribution in [0.2, 0.25) is 0 Å². The van der Waals surface area contributed by atoms with Gasteiger partial charge < -0.3 is 18.9 Å². The highest BCUT2D eigenvalue weighted by Crippen LogP contribution is 2.47. The summed E-state index contributed by atoms with van der Waals surface area (Å²) in [6, 6.07) is 11.1. The first-order chi connectivity index (χ1) is 24.6. The van der Waals surface area contributed by atoms with Crippen molar-refractivity contribution in [3.05, 3.63) is 58.7 Å². The molecule has 3 amide bonds. The smallest absolute Gasteiger partial charge is 0.410 e. The fourth-order valence-corrected chi connectivity index (χ4v) is 9.00. The Morgan fingerprint density at radius 2 is 1.62 bits per heavy atom. The lowest BCUT2D eigenvalue weighted by atomic mass is 9.81. The highest BCUT2D eigenvalue weighted by atomic mass is 32.2. The molecule has 2 aromatic carbocycles. The molecule has 3 fully saturated rings. The molecule has 1 N–H and O–H groups in total. The number of carbonyl (C=O) groups is 3. The van der Waals surface area contributed by atoms with E-state index >= 15 is 0 Å². The second kappa shape index (κ2) is 13.6. The van der Waals surface area contributed by atoms with Crippen molar-refractivity contribution in [1.29, 1.82) is 0 Å². The van der Waals surface area contributed by atoms with Gasteiger partial charge in [-0.25, -0.2) is 9.52 Å². The molecule has 2 bridgehead atoms. The van der Waals surface area contributed by atoms with Crippen molar-refractivity contribution < 1.29 is 32.3 Å². The average Bonchev–Trinajstić information content (AvgIpc) is 3.49. The molecule has 0 spiro atoms. The molecule has 2 saturated heterocycles. The normalized spacial score (nSPS) is 20.6. The Hall–Kier alpha value is -4.36. The number of nitrogens with one attached hydrogen (secondary N) is 1. The summed E-state index contributed by atoms with van der Waals surface area (Å²) in [7, 11) is 0.341. The number of fused-ring (bicyclic) bond motifs is 7. The van der Waals surface area contributed by atoms with Crippen molar-refractivity contribution in [2.45, 2.75) is 95.9 Å². The highest BCUT2D eigenvalue weighted by Gasteiger charge is 2.46. The minimum Gasteiger partial charge on any atom is -0.497 e. The Balaban J connectivity index is 1.32. The summed E-state index contributed by atoms with van der Waals surface area (Å²) >= 11 is 0. The van der Waals surface area contributed by atoms with Crippen LogP contribution in [0.1, 0.15) is 93.1 Å². The average molecular weight is 732 g/mol. The molecular formula is C39H49N5O7S. The maximum absolute atomic E-state index is 14.7. The van der Waals surface area contributed by atoms with E-state index in [0.29, 0.717) is 24.4 Å². The number of likely N-dealkylation sites (tertiary alicyclic amines) is 1. The fraction of sp³-hybridized carbons (Fsp3) is 0.513. The number of hydrogen-bond acceptors (Lipinski definition) is 7. The molecule has 12 nitrogen and oxygen atoms in total. The van der Waals surface area contributed by atoms with Crippen LogP contribution in [0.15, 0.2) is 42.0 Å². The molecule has 52 heavy (non-hydrogen) atoms. The summed E-state index contributed by atoms with van der Waals surface area (Å²) in [5.41, 5.74) is 4.98. The van der Waals surface area contributed by atoms with Gasteiger partial charge in [0.2, 0.25) is 0 Å². The lowest BCUT2D eigenvalue weighted by Gasteiger charge is -2.41. The second-order valence-corrected chi connectivity index (χ2v) is 17.6. The minimum atomic E-state index is -4.01. The third-order valence-electron chi connectivity index (χ3n) is 10.9. The van der Waals surface area contributed by atoms with Crippen LogP contribution < -0.4 is 9.46 Å². The zero-order chi connectivity index (χ0) is 37.1. The van der Waals surface area contributed by atoms with Gasteiger partial charge in [-0.3, -0.25) is 14.5 Å². The van der Waals surface area contributed by atoms with Crippen LogP contribution in [0.4, 0.5) is 4.79 Å². The Labute approximate surface area is 305 Å². The summed E-state index contributed by atoms with van der Waals surface area (Å²) in [6.07, 6.45) is 8.73. The van der Waals surface area contributed by atoms with Crippen molar-refractivity contribution in [1.82, 2.24) is 23.4 Å². The van der Waals surface area contributed by atoms with Crippen LogP contribution >= 0.6 is 0 Å². The Morgan fingerprint density at radius 3 is 2.25 bits per heavy atom. The SMILES string of the molecule is COc1ccc2c(c1)C=C(C(=O)N1CC3CCC(C1)N3C(=O)OC(C)(C)C)Cn1c-2c(C2CCCCC2)c2ccc(C(=O)NS(=O)(=O)N(C)C)cc21. The van der Waals surface area contributed by atoms with Gasteiger partial charge in [-0.1, -0.05) is 25.3 Å². The van der Waals surface area contributed by atoms with Gasteiger partial charge in [-0.05, 0) is 99.9 Å². The number of amides is 3. The number of benzene rings is 2. The van der Waals surface area contributed by atoms with Crippen molar-refractivity contribution in [3.63, 3.8) is 0 Å². The summed E-state index contributed by atoms with van der Waals surface area (Å²) in [6.45, 7) is 6.65. The number of aromatic nitrogens is 1. The molecule has 1 aromatic heterocycles. The second-order valence-electron chi connectivity index (χ2n) is 15.7. The first-order valence-electron chi connectivity index (χ1n) is 18.3. The van der Waals surface area contributed by atoms with Crippen LogP contribution in [0, 0.1) is 0 Å². The van der Waals surface area contributed by atoms with Crippen LogP contribution in [0.3, 0.4) is 0 Å². The molecule has 2 atom stereocenters. The van der Waals surface area contributed by atoms with Crippen molar-refractivity contribution in [2.24, 2.45) is 0 Å². The van der Waals surface area contributed by atoms with Gasteiger partial charge in [0.05, 0.1) is 31.4 Å². The summed E-state index contributed by atoms with van der Waals surface area (Å²) in [4.78, 5) is 44.9. The van der Waals surface area contributed by atoms with E-state index in [1.54, 1.807) is 19.2 Å². The van der Waals surface area contributed by atoms with E-state index in [4.69, 9.17) is 9.47 Å². The van der Waals surface area contributed by atoms with E-state index in [1.165, 1.54) is 26.1 Å². The third kappa shape index (κ3) is 6.68. The first-order valence-corrected chi connectivity index (χ1v) is 19.7. The molecule has 4 heterocycles. The van der Waals surface area contributed by atoms with E-state index < -0.39 is 21.7 Å². The van der Waals surface area contributed by atoms with Gasteiger partial charge in [0.15, 0.2) is 0 Å². The molecule has 3 aliphatic heterocycles. The topological polar surface area (TPSA) is 130 Å².